The summed E-state index contributed by atoms with van der Waals surface area (Å²) in [5.74, 6) is 2.89. The van der Waals surface area contributed by atoms with E-state index in [1.807, 2.05) is 25.1 Å². The van der Waals surface area contributed by atoms with E-state index in [0.29, 0.717) is 17.8 Å². The Bertz CT molecular complexity index is 673. The molecular formula is C18H26N4O3. The molecule has 1 aromatic heterocycles. The Kier molecular flexibility index (Phi) is 5.43. The van der Waals surface area contributed by atoms with Crippen LogP contribution in [0.1, 0.15) is 37.6 Å². The molecule has 0 amide bonds. The number of aryl methyl sites for hydroxylation is 1. The van der Waals surface area contributed by atoms with Crippen LogP contribution in [-0.2, 0) is 0 Å². The topological polar surface area (TPSA) is 72.7 Å². The van der Waals surface area contributed by atoms with Crippen LogP contribution >= 0.6 is 0 Å². The van der Waals surface area contributed by atoms with E-state index in [2.05, 4.69) is 27.3 Å². The van der Waals surface area contributed by atoms with Gasteiger partial charge in [0.1, 0.15) is 11.5 Å². The van der Waals surface area contributed by atoms with Gasteiger partial charge in [0.05, 0.1) is 20.3 Å². The molecule has 1 N–H and O–H groups in total. The normalized spacial score (nSPS) is 17.3. The number of rotatable bonds is 6. The van der Waals surface area contributed by atoms with Crippen LogP contribution in [0.15, 0.2) is 22.6 Å². The van der Waals surface area contributed by atoms with Crippen LogP contribution in [0.5, 0.6) is 11.5 Å². The molecule has 7 heteroatoms. The third-order valence-electron chi connectivity index (χ3n) is 4.70. The summed E-state index contributed by atoms with van der Waals surface area (Å²) in [4.78, 5) is 2.39. The highest BCUT2D eigenvalue weighted by Crippen LogP contribution is 2.29. The van der Waals surface area contributed by atoms with Crippen LogP contribution in [0.2, 0.25) is 0 Å². The first-order chi connectivity index (χ1) is 12.1. The fraction of sp³-hybridized carbons (Fsp3) is 0.556. The largest absolute Gasteiger partial charge is 0.497 e. The molecule has 1 atom stereocenters. The van der Waals surface area contributed by atoms with Crippen LogP contribution < -0.4 is 14.8 Å². The maximum Gasteiger partial charge on any atom is 0.233 e. The number of piperidine rings is 1. The van der Waals surface area contributed by atoms with Crippen molar-refractivity contribution in [2.24, 2.45) is 0 Å². The van der Waals surface area contributed by atoms with Gasteiger partial charge in [0, 0.05) is 49.9 Å². The van der Waals surface area contributed by atoms with Gasteiger partial charge in [-0.2, -0.15) is 0 Å². The van der Waals surface area contributed by atoms with Crippen LogP contribution in [0, 0.1) is 6.92 Å². The maximum atomic E-state index is 5.56. The minimum atomic E-state index is 0.152. The van der Waals surface area contributed by atoms with Gasteiger partial charge < -0.3 is 19.2 Å². The van der Waals surface area contributed by atoms with Crippen molar-refractivity contribution < 1.29 is 13.9 Å². The van der Waals surface area contributed by atoms with Crippen molar-refractivity contribution in [2.45, 2.75) is 38.8 Å². The molecule has 0 saturated carbocycles. The average Bonchev–Trinajstić information content (AvgIpc) is 3.07. The van der Waals surface area contributed by atoms with E-state index in [9.17, 15) is 0 Å². The summed E-state index contributed by atoms with van der Waals surface area (Å²) in [6.45, 7) is 5.91. The van der Waals surface area contributed by atoms with Gasteiger partial charge in [0.15, 0.2) is 0 Å². The summed E-state index contributed by atoms with van der Waals surface area (Å²) in [5, 5.41) is 11.7. The summed E-state index contributed by atoms with van der Waals surface area (Å²) in [6.07, 6.45) is 2.11. The van der Waals surface area contributed by atoms with E-state index in [1.54, 1.807) is 14.2 Å². The number of nitrogens with zero attached hydrogens (tertiary/aromatic N) is 3. The summed E-state index contributed by atoms with van der Waals surface area (Å²) < 4.78 is 16.2. The molecule has 1 aliphatic heterocycles. The predicted octanol–water partition coefficient (Wildman–Crippen LogP) is 3.03. The van der Waals surface area contributed by atoms with Crippen molar-refractivity contribution in [3.05, 3.63) is 30.0 Å². The van der Waals surface area contributed by atoms with Crippen molar-refractivity contribution in [3.63, 3.8) is 0 Å². The molecule has 0 bridgehead atoms. The molecule has 3 rings (SSSR count). The molecule has 0 spiro atoms. The highest BCUT2D eigenvalue weighted by Gasteiger charge is 2.26. The number of ether oxygens (including phenoxy) is 2. The Hall–Kier alpha value is -2.28. The van der Waals surface area contributed by atoms with Crippen molar-refractivity contribution in [1.29, 1.82) is 0 Å². The van der Waals surface area contributed by atoms with Gasteiger partial charge in [0.2, 0.25) is 11.8 Å². The number of benzene rings is 1. The molecule has 1 fully saturated rings. The quantitative estimate of drug-likeness (QED) is 0.862. The van der Waals surface area contributed by atoms with Gasteiger partial charge >= 0.3 is 0 Å². The number of hydrogen-bond donors (Lipinski definition) is 1. The molecule has 7 nitrogen and oxygen atoms in total. The molecule has 0 unspecified atom stereocenters. The SMILES string of the molecule is COc1cc(NC2CCN([C@@H](C)c3nnc(C)o3)CC2)cc(OC)c1. The van der Waals surface area contributed by atoms with Gasteiger partial charge in [-0.1, -0.05) is 0 Å². The molecule has 1 aromatic carbocycles. The summed E-state index contributed by atoms with van der Waals surface area (Å²) in [6, 6.07) is 6.45. The molecule has 2 aromatic rings. The maximum absolute atomic E-state index is 5.56. The zero-order valence-electron chi connectivity index (χ0n) is 15.3. The van der Waals surface area contributed by atoms with Crippen molar-refractivity contribution in [1.82, 2.24) is 15.1 Å². The van der Waals surface area contributed by atoms with E-state index in [0.717, 1.165) is 43.1 Å². The second kappa shape index (κ2) is 7.74. The number of hydrogen-bond acceptors (Lipinski definition) is 7. The zero-order valence-corrected chi connectivity index (χ0v) is 15.3. The molecule has 136 valence electrons. The third kappa shape index (κ3) is 4.22. The van der Waals surface area contributed by atoms with Crippen LogP contribution in [0.25, 0.3) is 0 Å². The molecule has 0 radical (unpaired) electrons. The second-order valence-electron chi connectivity index (χ2n) is 6.39. The highest BCUT2D eigenvalue weighted by atomic mass is 16.5. The minimum Gasteiger partial charge on any atom is -0.497 e. The first kappa shape index (κ1) is 17.5. The second-order valence-corrected chi connectivity index (χ2v) is 6.39. The summed E-state index contributed by atoms with van der Waals surface area (Å²) >= 11 is 0. The third-order valence-corrected chi connectivity index (χ3v) is 4.70. The van der Waals surface area contributed by atoms with E-state index in [4.69, 9.17) is 13.9 Å². The van der Waals surface area contributed by atoms with Gasteiger partial charge in [-0.3, -0.25) is 4.90 Å². The van der Waals surface area contributed by atoms with Crippen molar-refractivity contribution in [2.75, 3.05) is 32.6 Å². The fourth-order valence-electron chi connectivity index (χ4n) is 3.19. The monoisotopic (exact) mass is 346 g/mol. The van der Waals surface area contributed by atoms with Crippen molar-refractivity contribution in [3.8, 4) is 11.5 Å². The number of aromatic nitrogens is 2. The van der Waals surface area contributed by atoms with E-state index in [1.165, 1.54) is 0 Å². The van der Waals surface area contributed by atoms with E-state index in [-0.39, 0.29) is 6.04 Å². The van der Waals surface area contributed by atoms with E-state index >= 15 is 0 Å². The molecule has 0 aliphatic carbocycles. The number of anilines is 1. The number of methoxy groups -OCH3 is 2. The highest BCUT2D eigenvalue weighted by molar-refractivity contribution is 5.54. The Morgan fingerprint density at radius 2 is 1.76 bits per heavy atom. The van der Waals surface area contributed by atoms with Gasteiger partial charge in [-0.05, 0) is 19.8 Å². The predicted molar refractivity (Wildman–Crippen MR) is 95.2 cm³/mol. The average molecular weight is 346 g/mol. The Balaban J connectivity index is 1.57. The molecule has 2 heterocycles. The van der Waals surface area contributed by atoms with Crippen LogP contribution in [0.3, 0.4) is 0 Å². The smallest absolute Gasteiger partial charge is 0.233 e. The first-order valence-electron chi connectivity index (χ1n) is 8.62. The lowest BCUT2D eigenvalue weighted by Gasteiger charge is -2.35. The van der Waals surface area contributed by atoms with Crippen LogP contribution in [-0.4, -0.2) is 48.4 Å². The molecule has 1 saturated heterocycles. The van der Waals surface area contributed by atoms with Gasteiger partial charge in [-0.25, -0.2) is 0 Å². The summed E-state index contributed by atoms with van der Waals surface area (Å²) in [5.41, 5.74) is 1.02. The first-order valence-corrected chi connectivity index (χ1v) is 8.62. The standard InChI is InChI=1S/C18H26N4O3/c1-12(18-21-20-13(2)25-18)22-7-5-14(6-8-22)19-15-9-16(23-3)11-17(10-15)24-4/h9-12,14,19H,5-8H2,1-4H3/t12-/m0/s1. The summed E-state index contributed by atoms with van der Waals surface area (Å²) in [7, 11) is 3.33. The lowest BCUT2D eigenvalue weighted by Crippen LogP contribution is -2.40. The Morgan fingerprint density at radius 3 is 2.28 bits per heavy atom. The van der Waals surface area contributed by atoms with E-state index < -0.39 is 0 Å². The zero-order chi connectivity index (χ0) is 17.8. The molecular weight excluding hydrogens is 320 g/mol. The van der Waals surface area contributed by atoms with Crippen molar-refractivity contribution >= 4 is 5.69 Å². The fourth-order valence-corrected chi connectivity index (χ4v) is 3.19. The lowest BCUT2D eigenvalue weighted by molar-refractivity contribution is 0.146. The Morgan fingerprint density at radius 1 is 1.12 bits per heavy atom. The minimum absolute atomic E-state index is 0.152. The molecule has 1 aliphatic rings. The lowest BCUT2D eigenvalue weighted by atomic mass is 10.0. The van der Waals surface area contributed by atoms with Gasteiger partial charge in [0.25, 0.3) is 0 Å². The van der Waals surface area contributed by atoms with Gasteiger partial charge in [-0.15, -0.1) is 10.2 Å². The van der Waals surface area contributed by atoms with Crippen LogP contribution in [0.4, 0.5) is 5.69 Å². The number of nitrogens with one attached hydrogen (secondary N) is 1. The molecule has 25 heavy (non-hydrogen) atoms. The number of likely N-dealkylation sites (tertiary alicyclic amines) is 1. The Labute approximate surface area is 148 Å².